The van der Waals surface area contributed by atoms with E-state index < -0.39 is 5.82 Å². The molecule has 0 spiro atoms. The van der Waals surface area contributed by atoms with Gasteiger partial charge in [0, 0.05) is 26.2 Å². The summed E-state index contributed by atoms with van der Waals surface area (Å²) in [6.07, 6.45) is 0.664. The fraction of sp³-hybridized carbons (Fsp3) is 0.500. The lowest BCUT2D eigenvalue weighted by Gasteiger charge is -2.10. The fourth-order valence-corrected chi connectivity index (χ4v) is 1.49. The Morgan fingerprint density at radius 3 is 2.68 bits per heavy atom. The zero-order valence-electron chi connectivity index (χ0n) is 11.3. The average molecular weight is 270 g/mol. The summed E-state index contributed by atoms with van der Waals surface area (Å²) in [7, 11) is 1.61. The number of rotatable bonds is 9. The van der Waals surface area contributed by atoms with Gasteiger partial charge in [0.15, 0.2) is 5.78 Å². The summed E-state index contributed by atoms with van der Waals surface area (Å²) in [5.74, 6) is -0.285. The van der Waals surface area contributed by atoms with E-state index in [2.05, 4.69) is 0 Å². The van der Waals surface area contributed by atoms with Gasteiger partial charge in [-0.3, -0.25) is 4.79 Å². The van der Waals surface area contributed by atoms with Crippen LogP contribution in [0.5, 0.6) is 5.75 Å². The summed E-state index contributed by atoms with van der Waals surface area (Å²) in [6, 6.07) is 3.90. The van der Waals surface area contributed by atoms with Crippen LogP contribution >= 0.6 is 0 Å². The molecule has 0 unspecified atom stereocenters. The molecule has 0 heterocycles. The molecule has 1 aromatic carbocycles. The minimum atomic E-state index is -0.420. The lowest BCUT2D eigenvalue weighted by atomic mass is 10.1. The first-order chi connectivity index (χ1) is 9.15. The topological polar surface area (TPSA) is 44.8 Å². The van der Waals surface area contributed by atoms with E-state index in [0.717, 1.165) is 0 Å². The minimum Gasteiger partial charge on any atom is -0.493 e. The van der Waals surface area contributed by atoms with E-state index >= 15 is 0 Å². The van der Waals surface area contributed by atoms with Gasteiger partial charge >= 0.3 is 0 Å². The van der Waals surface area contributed by atoms with Gasteiger partial charge < -0.3 is 14.2 Å². The van der Waals surface area contributed by atoms with Crippen LogP contribution in [0.1, 0.15) is 23.7 Å². The molecule has 0 atom stereocenters. The van der Waals surface area contributed by atoms with E-state index in [0.29, 0.717) is 38.4 Å². The number of carbonyl (C=O) groups excluding carboxylic acids is 1. The Labute approximate surface area is 112 Å². The zero-order valence-corrected chi connectivity index (χ0v) is 11.3. The molecule has 0 saturated heterocycles. The second kappa shape index (κ2) is 8.61. The van der Waals surface area contributed by atoms with Crippen molar-refractivity contribution in [1.82, 2.24) is 0 Å². The van der Waals surface area contributed by atoms with Gasteiger partial charge in [0.1, 0.15) is 11.6 Å². The van der Waals surface area contributed by atoms with Crippen molar-refractivity contribution in [3.8, 4) is 5.75 Å². The summed E-state index contributed by atoms with van der Waals surface area (Å²) in [6.45, 7) is 3.42. The van der Waals surface area contributed by atoms with Crippen LogP contribution in [0.15, 0.2) is 18.2 Å². The standard InChI is InChI=1S/C14H19FO4/c1-11(16)13-5-4-12(15)10-14(13)19-7-3-6-18-9-8-17-2/h4-5,10H,3,6-9H2,1-2H3. The van der Waals surface area contributed by atoms with Crippen molar-refractivity contribution in [2.24, 2.45) is 0 Å². The number of hydrogen-bond donors (Lipinski definition) is 0. The smallest absolute Gasteiger partial charge is 0.163 e. The van der Waals surface area contributed by atoms with E-state index in [1.807, 2.05) is 0 Å². The Balaban J connectivity index is 2.36. The lowest BCUT2D eigenvalue weighted by molar-refractivity contribution is 0.0643. The predicted octanol–water partition coefficient (Wildman–Crippen LogP) is 2.46. The Hall–Kier alpha value is -1.46. The molecule has 0 saturated carbocycles. The molecule has 5 heteroatoms. The number of ether oxygens (including phenoxy) is 3. The molecule has 0 fully saturated rings. The van der Waals surface area contributed by atoms with Crippen molar-refractivity contribution in [2.75, 3.05) is 33.5 Å². The molecule has 0 amide bonds. The van der Waals surface area contributed by atoms with Crippen LogP contribution in [0.25, 0.3) is 0 Å². The molecule has 0 N–H and O–H groups in total. The normalized spacial score (nSPS) is 10.5. The molecule has 4 nitrogen and oxygen atoms in total. The van der Waals surface area contributed by atoms with Crippen molar-refractivity contribution in [3.05, 3.63) is 29.6 Å². The van der Waals surface area contributed by atoms with Gasteiger partial charge in [-0.05, 0) is 19.1 Å². The molecule has 0 aliphatic heterocycles. The maximum atomic E-state index is 13.1. The third kappa shape index (κ3) is 5.81. The molecule has 19 heavy (non-hydrogen) atoms. The van der Waals surface area contributed by atoms with Crippen LogP contribution in [0, 0.1) is 5.82 Å². The molecule has 0 aliphatic rings. The molecular formula is C14H19FO4. The maximum absolute atomic E-state index is 13.1. The van der Waals surface area contributed by atoms with Gasteiger partial charge in [-0.1, -0.05) is 0 Å². The summed E-state index contributed by atoms with van der Waals surface area (Å²) in [4.78, 5) is 11.3. The number of ketones is 1. The quantitative estimate of drug-likeness (QED) is 0.511. The number of hydrogen-bond acceptors (Lipinski definition) is 4. The van der Waals surface area contributed by atoms with Crippen molar-refractivity contribution < 1.29 is 23.4 Å². The fourth-order valence-electron chi connectivity index (χ4n) is 1.49. The Bertz CT molecular complexity index is 406. The molecule has 1 rings (SSSR count). The first-order valence-corrected chi connectivity index (χ1v) is 6.15. The molecule has 106 valence electrons. The zero-order chi connectivity index (χ0) is 14.1. The van der Waals surface area contributed by atoms with Crippen molar-refractivity contribution in [3.63, 3.8) is 0 Å². The highest BCUT2D eigenvalue weighted by atomic mass is 19.1. The minimum absolute atomic E-state index is 0.147. The molecular weight excluding hydrogens is 251 g/mol. The first kappa shape index (κ1) is 15.6. The van der Waals surface area contributed by atoms with Crippen LogP contribution in [-0.2, 0) is 9.47 Å². The highest BCUT2D eigenvalue weighted by Crippen LogP contribution is 2.20. The number of carbonyl (C=O) groups is 1. The lowest BCUT2D eigenvalue weighted by Crippen LogP contribution is -2.08. The van der Waals surface area contributed by atoms with Crippen LogP contribution in [0.4, 0.5) is 4.39 Å². The highest BCUT2D eigenvalue weighted by molar-refractivity contribution is 5.96. The Morgan fingerprint density at radius 2 is 2.00 bits per heavy atom. The molecule has 0 aliphatic carbocycles. The largest absolute Gasteiger partial charge is 0.493 e. The molecule has 0 radical (unpaired) electrons. The number of halogens is 1. The summed E-state index contributed by atoms with van der Waals surface area (Å²) < 4.78 is 28.6. The van der Waals surface area contributed by atoms with Gasteiger partial charge in [0.25, 0.3) is 0 Å². The predicted molar refractivity (Wildman–Crippen MR) is 69.2 cm³/mol. The summed E-state index contributed by atoms with van der Waals surface area (Å²) in [5.41, 5.74) is 0.390. The van der Waals surface area contributed by atoms with E-state index in [1.54, 1.807) is 7.11 Å². The van der Waals surface area contributed by atoms with E-state index in [-0.39, 0.29) is 11.5 Å². The first-order valence-electron chi connectivity index (χ1n) is 6.15. The SMILES string of the molecule is COCCOCCCOc1cc(F)ccc1C(C)=O. The Morgan fingerprint density at radius 1 is 1.21 bits per heavy atom. The van der Waals surface area contributed by atoms with Crippen LogP contribution in [-0.4, -0.2) is 39.3 Å². The van der Waals surface area contributed by atoms with Gasteiger partial charge in [0.05, 0.1) is 25.4 Å². The summed E-state index contributed by atoms with van der Waals surface area (Å²) >= 11 is 0. The van der Waals surface area contributed by atoms with Crippen molar-refractivity contribution in [2.45, 2.75) is 13.3 Å². The van der Waals surface area contributed by atoms with E-state index in [1.165, 1.54) is 25.1 Å². The molecule has 1 aromatic rings. The monoisotopic (exact) mass is 270 g/mol. The van der Waals surface area contributed by atoms with Crippen LogP contribution in [0.2, 0.25) is 0 Å². The second-order valence-corrected chi connectivity index (χ2v) is 4.00. The third-order valence-corrected chi connectivity index (χ3v) is 2.45. The van der Waals surface area contributed by atoms with Crippen LogP contribution in [0.3, 0.4) is 0 Å². The van der Waals surface area contributed by atoms with Gasteiger partial charge in [-0.15, -0.1) is 0 Å². The van der Waals surface area contributed by atoms with Gasteiger partial charge in [-0.2, -0.15) is 0 Å². The number of benzene rings is 1. The molecule has 0 bridgehead atoms. The molecule has 0 aromatic heterocycles. The second-order valence-electron chi connectivity index (χ2n) is 4.00. The van der Waals surface area contributed by atoms with Crippen LogP contribution < -0.4 is 4.74 Å². The maximum Gasteiger partial charge on any atom is 0.163 e. The van der Waals surface area contributed by atoms with Crippen molar-refractivity contribution in [1.29, 1.82) is 0 Å². The van der Waals surface area contributed by atoms with E-state index in [9.17, 15) is 9.18 Å². The Kier molecular flexibility index (Phi) is 7.07. The summed E-state index contributed by atoms with van der Waals surface area (Å²) in [5, 5.41) is 0. The van der Waals surface area contributed by atoms with Gasteiger partial charge in [-0.25, -0.2) is 4.39 Å². The average Bonchev–Trinajstić information content (AvgIpc) is 2.37. The highest BCUT2D eigenvalue weighted by Gasteiger charge is 2.09. The number of methoxy groups -OCH3 is 1. The van der Waals surface area contributed by atoms with E-state index in [4.69, 9.17) is 14.2 Å². The van der Waals surface area contributed by atoms with Crippen molar-refractivity contribution >= 4 is 5.78 Å². The third-order valence-electron chi connectivity index (χ3n) is 2.45. The van der Waals surface area contributed by atoms with Gasteiger partial charge in [0.2, 0.25) is 0 Å². The number of Topliss-reactive ketones (excluding diaryl/α,β-unsaturated/α-hetero) is 1.